The Morgan fingerprint density at radius 1 is 1.33 bits per heavy atom. The van der Waals surface area contributed by atoms with Gasteiger partial charge in [0.25, 0.3) is 0 Å². The number of sulfonamides is 1. The molecule has 1 aliphatic heterocycles. The molecule has 0 bridgehead atoms. The Labute approximate surface area is 89.1 Å². The maximum atomic E-state index is 11.8. The van der Waals surface area contributed by atoms with Crippen LogP contribution in [-0.4, -0.2) is 41.6 Å². The van der Waals surface area contributed by atoms with Crippen molar-refractivity contribution in [3.05, 3.63) is 0 Å². The van der Waals surface area contributed by atoms with Crippen molar-refractivity contribution < 1.29 is 18.3 Å². The average molecular weight is 233 g/mol. The molecule has 1 aliphatic carbocycles. The molecular weight excluding hydrogens is 218 g/mol. The van der Waals surface area contributed by atoms with Gasteiger partial charge in [-0.2, -0.15) is 4.31 Å². The van der Waals surface area contributed by atoms with E-state index < -0.39 is 21.5 Å². The van der Waals surface area contributed by atoms with Crippen LogP contribution in [-0.2, 0) is 14.8 Å². The van der Waals surface area contributed by atoms with Crippen molar-refractivity contribution in [2.24, 2.45) is 0 Å². The Balaban J connectivity index is 2.18. The minimum absolute atomic E-state index is 0.0494. The SMILES string of the molecule is O=C(O)CC1(N2CCCCS2(=O)=O)CC1. The molecule has 6 heteroatoms. The highest BCUT2D eigenvalue weighted by atomic mass is 32.2. The van der Waals surface area contributed by atoms with Gasteiger partial charge < -0.3 is 5.11 Å². The van der Waals surface area contributed by atoms with Crippen LogP contribution in [0.2, 0.25) is 0 Å². The average Bonchev–Trinajstić information content (AvgIpc) is 2.83. The number of aliphatic carboxylic acids is 1. The quantitative estimate of drug-likeness (QED) is 0.766. The highest BCUT2D eigenvalue weighted by Crippen LogP contribution is 2.47. The second-order valence-corrected chi connectivity index (χ2v) is 6.40. The van der Waals surface area contributed by atoms with Crippen molar-refractivity contribution in [1.29, 1.82) is 0 Å². The molecule has 1 heterocycles. The van der Waals surface area contributed by atoms with E-state index in [-0.39, 0.29) is 12.2 Å². The summed E-state index contributed by atoms with van der Waals surface area (Å²) in [5.41, 5.74) is -0.578. The van der Waals surface area contributed by atoms with Crippen LogP contribution in [0.15, 0.2) is 0 Å². The maximum Gasteiger partial charge on any atom is 0.305 e. The van der Waals surface area contributed by atoms with Gasteiger partial charge in [-0.25, -0.2) is 8.42 Å². The normalized spacial score (nSPS) is 28.5. The van der Waals surface area contributed by atoms with E-state index in [1.165, 1.54) is 4.31 Å². The molecule has 2 aliphatic rings. The predicted octanol–water partition coefficient (Wildman–Crippen LogP) is 0.419. The van der Waals surface area contributed by atoms with Gasteiger partial charge in [-0.3, -0.25) is 4.79 Å². The Hall–Kier alpha value is -0.620. The lowest BCUT2D eigenvalue weighted by atomic mass is 10.1. The van der Waals surface area contributed by atoms with E-state index in [0.717, 1.165) is 6.42 Å². The molecule has 0 aromatic rings. The zero-order chi connectivity index (χ0) is 11.1. The third-order valence-corrected chi connectivity index (χ3v) is 5.23. The summed E-state index contributed by atoms with van der Waals surface area (Å²) in [5.74, 6) is -0.734. The Morgan fingerprint density at radius 3 is 2.47 bits per heavy atom. The summed E-state index contributed by atoms with van der Waals surface area (Å²) in [4.78, 5) is 10.7. The molecule has 0 spiro atoms. The van der Waals surface area contributed by atoms with Crippen LogP contribution in [0, 0.1) is 0 Å². The number of hydrogen-bond acceptors (Lipinski definition) is 3. The van der Waals surface area contributed by atoms with Crippen LogP contribution in [0.3, 0.4) is 0 Å². The van der Waals surface area contributed by atoms with Gasteiger partial charge >= 0.3 is 5.97 Å². The number of carboxylic acids is 1. The van der Waals surface area contributed by atoms with Crippen molar-refractivity contribution in [2.75, 3.05) is 12.3 Å². The first-order valence-electron chi connectivity index (χ1n) is 5.19. The Morgan fingerprint density at radius 2 is 2.00 bits per heavy atom. The molecule has 15 heavy (non-hydrogen) atoms. The second kappa shape index (κ2) is 3.45. The summed E-state index contributed by atoms with van der Waals surface area (Å²) in [7, 11) is -3.19. The summed E-state index contributed by atoms with van der Waals surface area (Å²) in [6.45, 7) is 0.496. The second-order valence-electron chi connectivity index (χ2n) is 4.39. The fraction of sp³-hybridized carbons (Fsp3) is 0.889. The van der Waals surface area contributed by atoms with Gasteiger partial charge in [0.1, 0.15) is 0 Å². The number of carboxylic acid groups (broad SMARTS) is 1. The lowest BCUT2D eigenvalue weighted by Gasteiger charge is -2.33. The van der Waals surface area contributed by atoms with E-state index in [0.29, 0.717) is 25.8 Å². The van der Waals surface area contributed by atoms with Crippen molar-refractivity contribution >= 4 is 16.0 Å². The van der Waals surface area contributed by atoms with E-state index in [1.807, 2.05) is 0 Å². The smallest absolute Gasteiger partial charge is 0.305 e. The Bertz CT molecular complexity index is 372. The summed E-state index contributed by atoms with van der Waals surface area (Å²) >= 11 is 0. The molecule has 2 fully saturated rings. The first-order chi connectivity index (χ1) is 6.96. The zero-order valence-electron chi connectivity index (χ0n) is 8.48. The monoisotopic (exact) mass is 233 g/mol. The first kappa shape index (κ1) is 10.9. The third-order valence-electron chi connectivity index (χ3n) is 3.19. The van der Waals surface area contributed by atoms with Gasteiger partial charge in [0, 0.05) is 12.1 Å². The van der Waals surface area contributed by atoms with Crippen LogP contribution < -0.4 is 0 Å². The number of rotatable bonds is 3. The Kier molecular flexibility index (Phi) is 2.50. The van der Waals surface area contributed by atoms with E-state index in [4.69, 9.17) is 5.11 Å². The third kappa shape index (κ3) is 2.01. The summed E-state index contributed by atoms with van der Waals surface area (Å²) in [6.07, 6.45) is 2.88. The van der Waals surface area contributed by atoms with Crippen LogP contribution in [0.25, 0.3) is 0 Å². The van der Waals surface area contributed by atoms with Crippen LogP contribution in [0.1, 0.15) is 32.1 Å². The molecule has 86 valence electrons. The molecule has 1 saturated carbocycles. The highest BCUT2D eigenvalue weighted by molar-refractivity contribution is 7.89. The van der Waals surface area contributed by atoms with E-state index in [9.17, 15) is 13.2 Å². The molecule has 5 nitrogen and oxygen atoms in total. The first-order valence-corrected chi connectivity index (χ1v) is 6.80. The van der Waals surface area contributed by atoms with Crippen LogP contribution in [0.5, 0.6) is 0 Å². The number of carbonyl (C=O) groups is 1. The maximum absolute atomic E-state index is 11.8. The van der Waals surface area contributed by atoms with Crippen LogP contribution >= 0.6 is 0 Å². The van der Waals surface area contributed by atoms with Crippen molar-refractivity contribution in [3.63, 3.8) is 0 Å². The number of hydrogen-bond donors (Lipinski definition) is 1. The standard InChI is InChI=1S/C9H15NO4S/c11-8(12)7-9(3-4-9)10-5-1-2-6-15(10,13)14/h1-7H2,(H,11,12). The van der Waals surface area contributed by atoms with Gasteiger partial charge in [0.05, 0.1) is 12.2 Å². The fourth-order valence-electron chi connectivity index (χ4n) is 2.26. The lowest BCUT2D eigenvalue weighted by Crippen LogP contribution is -2.47. The lowest BCUT2D eigenvalue weighted by molar-refractivity contribution is -0.138. The zero-order valence-corrected chi connectivity index (χ0v) is 9.29. The summed E-state index contributed by atoms with van der Waals surface area (Å²) in [6, 6.07) is 0. The topological polar surface area (TPSA) is 74.7 Å². The van der Waals surface area contributed by atoms with Gasteiger partial charge in [0.2, 0.25) is 10.0 Å². The predicted molar refractivity (Wildman–Crippen MR) is 53.9 cm³/mol. The van der Waals surface area contributed by atoms with Crippen molar-refractivity contribution in [3.8, 4) is 0 Å². The molecule has 0 aromatic heterocycles. The largest absolute Gasteiger partial charge is 0.481 e. The molecule has 0 unspecified atom stereocenters. The van der Waals surface area contributed by atoms with Crippen molar-refractivity contribution in [1.82, 2.24) is 4.31 Å². The minimum Gasteiger partial charge on any atom is -0.481 e. The molecule has 1 N–H and O–H groups in total. The van der Waals surface area contributed by atoms with Gasteiger partial charge in [-0.15, -0.1) is 0 Å². The molecule has 2 rings (SSSR count). The molecule has 1 saturated heterocycles. The van der Waals surface area contributed by atoms with Gasteiger partial charge in [-0.05, 0) is 25.7 Å². The molecule has 0 amide bonds. The van der Waals surface area contributed by atoms with Crippen molar-refractivity contribution in [2.45, 2.75) is 37.6 Å². The fourth-order valence-corrected chi connectivity index (χ4v) is 4.30. The highest BCUT2D eigenvalue weighted by Gasteiger charge is 2.54. The summed E-state index contributed by atoms with van der Waals surface area (Å²) in [5, 5.41) is 8.77. The van der Waals surface area contributed by atoms with E-state index >= 15 is 0 Å². The molecular formula is C9H15NO4S. The molecule has 0 radical (unpaired) electrons. The van der Waals surface area contributed by atoms with Crippen LogP contribution in [0.4, 0.5) is 0 Å². The van der Waals surface area contributed by atoms with Gasteiger partial charge in [-0.1, -0.05) is 0 Å². The molecule has 0 aromatic carbocycles. The van der Waals surface area contributed by atoms with Gasteiger partial charge in [0.15, 0.2) is 0 Å². The van der Waals surface area contributed by atoms with E-state index in [2.05, 4.69) is 0 Å². The van der Waals surface area contributed by atoms with E-state index in [1.54, 1.807) is 0 Å². The minimum atomic E-state index is -3.19. The summed E-state index contributed by atoms with van der Waals surface area (Å²) < 4.78 is 25.0. The number of nitrogens with zero attached hydrogens (tertiary/aromatic N) is 1. The molecule has 0 atom stereocenters.